The van der Waals surface area contributed by atoms with E-state index in [1.54, 1.807) is 0 Å². The third kappa shape index (κ3) is 2.28. The van der Waals surface area contributed by atoms with Gasteiger partial charge in [-0.2, -0.15) is 5.10 Å². The fourth-order valence-corrected chi connectivity index (χ4v) is 1.96. The molecule has 0 spiro atoms. The molecule has 4 nitrogen and oxygen atoms in total. The quantitative estimate of drug-likeness (QED) is 0.775. The van der Waals surface area contributed by atoms with Gasteiger partial charge < -0.3 is 0 Å². The molecule has 0 bridgehead atoms. The lowest BCUT2D eigenvalue weighted by atomic mass is 10.1. The van der Waals surface area contributed by atoms with Crippen LogP contribution in [0, 0.1) is 4.77 Å². The molecule has 0 aromatic carbocycles. The van der Waals surface area contributed by atoms with Gasteiger partial charge in [0.05, 0.1) is 0 Å². The summed E-state index contributed by atoms with van der Waals surface area (Å²) in [5.74, 6) is 0.950. The van der Waals surface area contributed by atoms with E-state index in [0.29, 0.717) is 4.77 Å². The molecule has 2 rings (SSSR count). The Kier molecular flexibility index (Phi) is 3.20. The van der Waals surface area contributed by atoms with Crippen molar-refractivity contribution in [2.45, 2.75) is 39.0 Å². The molecule has 0 saturated heterocycles. The highest BCUT2D eigenvalue weighted by atomic mass is 32.1. The molecule has 0 atom stereocenters. The lowest BCUT2D eigenvalue weighted by Gasteiger charge is -2.16. The minimum absolute atomic E-state index is 0.637. The number of nitrogens with one attached hydrogen (secondary N) is 2. The Morgan fingerprint density at radius 3 is 3.13 bits per heavy atom. The molecule has 1 aromatic rings. The summed E-state index contributed by atoms with van der Waals surface area (Å²) in [4.78, 5) is 0. The van der Waals surface area contributed by atoms with Crippen LogP contribution in [0.2, 0.25) is 0 Å². The summed E-state index contributed by atoms with van der Waals surface area (Å²) in [7, 11) is 0. The van der Waals surface area contributed by atoms with Gasteiger partial charge >= 0.3 is 0 Å². The predicted molar refractivity (Wildman–Crippen MR) is 62.7 cm³/mol. The molecule has 1 heterocycles. The first-order valence-electron chi connectivity index (χ1n) is 5.43. The normalized spacial score (nSPS) is 16.2. The van der Waals surface area contributed by atoms with Crippen LogP contribution >= 0.6 is 12.2 Å². The molecule has 1 aliphatic rings. The third-order valence-electron chi connectivity index (χ3n) is 2.60. The second-order valence-corrected chi connectivity index (χ2v) is 4.11. The molecule has 0 radical (unpaired) electrons. The lowest BCUT2D eigenvalue weighted by molar-refractivity contribution is 0.676. The fourth-order valence-electron chi connectivity index (χ4n) is 1.77. The van der Waals surface area contributed by atoms with Gasteiger partial charge in [0.1, 0.15) is 0 Å². The van der Waals surface area contributed by atoms with Gasteiger partial charge in [-0.1, -0.05) is 13.0 Å². The van der Waals surface area contributed by atoms with Crippen molar-refractivity contribution in [2.24, 2.45) is 0 Å². The minimum Gasteiger partial charge on any atom is -0.295 e. The van der Waals surface area contributed by atoms with Crippen LogP contribution in [-0.2, 0) is 6.42 Å². The summed E-state index contributed by atoms with van der Waals surface area (Å²) >= 11 is 5.16. The molecule has 5 heteroatoms. The molecule has 0 saturated carbocycles. The van der Waals surface area contributed by atoms with Gasteiger partial charge in [-0.05, 0) is 37.9 Å². The van der Waals surface area contributed by atoms with Crippen molar-refractivity contribution in [3.05, 3.63) is 22.4 Å². The van der Waals surface area contributed by atoms with Crippen LogP contribution in [-0.4, -0.2) is 14.9 Å². The van der Waals surface area contributed by atoms with E-state index >= 15 is 0 Å². The van der Waals surface area contributed by atoms with Crippen molar-refractivity contribution in [2.75, 3.05) is 5.43 Å². The van der Waals surface area contributed by atoms with E-state index in [2.05, 4.69) is 28.6 Å². The summed E-state index contributed by atoms with van der Waals surface area (Å²) in [6.45, 7) is 2.07. The maximum absolute atomic E-state index is 5.16. The number of allylic oxidation sites excluding steroid dienone is 2. The van der Waals surface area contributed by atoms with Gasteiger partial charge in [0, 0.05) is 12.1 Å². The summed E-state index contributed by atoms with van der Waals surface area (Å²) in [6, 6.07) is 0. The average molecular weight is 224 g/mol. The molecule has 0 amide bonds. The molecule has 82 valence electrons. The number of hydrogen-bond acceptors (Lipinski definition) is 3. The van der Waals surface area contributed by atoms with Crippen LogP contribution in [0.25, 0.3) is 0 Å². The lowest BCUT2D eigenvalue weighted by Crippen LogP contribution is -2.18. The Morgan fingerprint density at radius 1 is 1.60 bits per heavy atom. The van der Waals surface area contributed by atoms with E-state index in [4.69, 9.17) is 12.2 Å². The van der Waals surface area contributed by atoms with Crippen molar-refractivity contribution in [3.63, 3.8) is 0 Å². The van der Waals surface area contributed by atoms with Gasteiger partial charge in [-0.25, -0.2) is 4.68 Å². The summed E-state index contributed by atoms with van der Waals surface area (Å²) < 4.78 is 2.50. The fraction of sp³-hybridized carbons (Fsp3) is 0.600. The zero-order chi connectivity index (χ0) is 10.7. The molecular formula is C10H16N4S. The van der Waals surface area contributed by atoms with Crippen LogP contribution in [0.4, 0.5) is 0 Å². The van der Waals surface area contributed by atoms with E-state index in [-0.39, 0.29) is 0 Å². The van der Waals surface area contributed by atoms with Crippen LogP contribution in [0.15, 0.2) is 11.8 Å². The van der Waals surface area contributed by atoms with Crippen LogP contribution < -0.4 is 5.43 Å². The van der Waals surface area contributed by atoms with Crippen molar-refractivity contribution in [1.29, 1.82) is 0 Å². The first-order chi connectivity index (χ1) is 7.31. The van der Waals surface area contributed by atoms with Gasteiger partial charge in [0.15, 0.2) is 5.82 Å². The Hall–Kier alpha value is -1.10. The van der Waals surface area contributed by atoms with E-state index < -0.39 is 0 Å². The number of H-pyrrole nitrogens is 1. The molecule has 1 aliphatic carbocycles. The molecule has 0 unspecified atom stereocenters. The minimum atomic E-state index is 0.637. The van der Waals surface area contributed by atoms with Crippen molar-refractivity contribution in [3.8, 4) is 0 Å². The molecule has 0 fully saturated rings. The second kappa shape index (κ2) is 4.61. The molecule has 1 aromatic heterocycles. The van der Waals surface area contributed by atoms with Crippen LogP contribution in [0.5, 0.6) is 0 Å². The highest BCUT2D eigenvalue weighted by Gasteiger charge is 2.07. The topological polar surface area (TPSA) is 45.6 Å². The Balaban J connectivity index is 2.19. The van der Waals surface area contributed by atoms with Crippen molar-refractivity contribution in [1.82, 2.24) is 14.9 Å². The van der Waals surface area contributed by atoms with Crippen LogP contribution in [0.1, 0.15) is 38.4 Å². The number of aromatic nitrogens is 3. The van der Waals surface area contributed by atoms with E-state index in [1.165, 1.54) is 18.5 Å². The number of aryl methyl sites for hydroxylation is 1. The van der Waals surface area contributed by atoms with E-state index in [9.17, 15) is 0 Å². The van der Waals surface area contributed by atoms with E-state index in [0.717, 1.165) is 25.1 Å². The third-order valence-corrected chi connectivity index (χ3v) is 2.88. The highest BCUT2D eigenvalue weighted by molar-refractivity contribution is 7.71. The first-order valence-corrected chi connectivity index (χ1v) is 5.84. The standard InChI is InChI=1S/C10H16N4S/c1-2-9-11-12-10(15)14(9)13-8-6-4-3-5-7-8/h6,13H,2-5,7H2,1H3,(H,12,15). The number of rotatable bonds is 3. The predicted octanol–water partition coefficient (Wildman–Crippen LogP) is 2.50. The molecule has 15 heavy (non-hydrogen) atoms. The SMILES string of the molecule is CCc1n[nH]c(=S)n1NC1=CCCCC1. The van der Waals surface area contributed by atoms with Gasteiger partial charge in [0.2, 0.25) is 4.77 Å². The molecule has 2 N–H and O–H groups in total. The summed E-state index contributed by atoms with van der Waals surface area (Å²) in [5, 5.41) is 6.96. The maximum Gasteiger partial charge on any atom is 0.214 e. The Bertz CT molecular complexity index is 415. The zero-order valence-corrected chi connectivity index (χ0v) is 9.73. The Morgan fingerprint density at radius 2 is 2.47 bits per heavy atom. The van der Waals surface area contributed by atoms with Crippen molar-refractivity contribution < 1.29 is 0 Å². The number of aromatic amines is 1. The maximum atomic E-state index is 5.16. The average Bonchev–Trinajstić information content (AvgIpc) is 2.62. The second-order valence-electron chi connectivity index (χ2n) is 3.72. The van der Waals surface area contributed by atoms with Crippen molar-refractivity contribution >= 4 is 12.2 Å². The molecule has 0 aliphatic heterocycles. The highest BCUT2D eigenvalue weighted by Crippen LogP contribution is 2.16. The first kappa shape index (κ1) is 10.4. The van der Waals surface area contributed by atoms with Gasteiger partial charge in [0.25, 0.3) is 0 Å². The Labute approximate surface area is 94.4 Å². The monoisotopic (exact) mass is 224 g/mol. The van der Waals surface area contributed by atoms with Gasteiger partial charge in [-0.15, -0.1) is 0 Å². The number of nitrogens with zero attached hydrogens (tertiary/aromatic N) is 2. The largest absolute Gasteiger partial charge is 0.295 e. The summed E-state index contributed by atoms with van der Waals surface area (Å²) in [6.07, 6.45) is 7.93. The number of hydrogen-bond donors (Lipinski definition) is 2. The zero-order valence-electron chi connectivity index (χ0n) is 8.92. The van der Waals surface area contributed by atoms with Gasteiger partial charge in [-0.3, -0.25) is 10.5 Å². The molecular weight excluding hydrogens is 208 g/mol. The van der Waals surface area contributed by atoms with Crippen LogP contribution in [0.3, 0.4) is 0 Å². The summed E-state index contributed by atoms with van der Waals surface area (Å²) in [5.41, 5.74) is 4.59. The smallest absolute Gasteiger partial charge is 0.214 e. The van der Waals surface area contributed by atoms with E-state index in [1.807, 2.05) is 4.68 Å².